The molecule has 0 amide bonds. The van der Waals surface area contributed by atoms with Crippen LogP contribution < -0.4 is 0 Å². The Morgan fingerprint density at radius 1 is 1.20 bits per heavy atom. The lowest BCUT2D eigenvalue weighted by Gasteiger charge is -2.28. The quantitative estimate of drug-likeness (QED) is 0.700. The van der Waals surface area contributed by atoms with Gasteiger partial charge >= 0.3 is 0 Å². The summed E-state index contributed by atoms with van der Waals surface area (Å²) in [5.41, 5.74) is 1.62. The summed E-state index contributed by atoms with van der Waals surface area (Å²) in [6.45, 7) is 7.46. The van der Waals surface area contributed by atoms with Crippen molar-refractivity contribution in [2.75, 3.05) is 13.7 Å². The summed E-state index contributed by atoms with van der Waals surface area (Å²) in [5.74, 6) is 0. The molecular formula is C13H25NO. The molecule has 0 spiro atoms. The van der Waals surface area contributed by atoms with Gasteiger partial charge in [0.05, 0.1) is 12.6 Å². The van der Waals surface area contributed by atoms with E-state index < -0.39 is 0 Å². The lowest BCUT2D eigenvalue weighted by Crippen LogP contribution is -2.30. The number of methoxy groups -OCH3 is 1. The molecule has 0 aliphatic heterocycles. The minimum absolute atomic E-state index is 0.209. The highest BCUT2D eigenvalue weighted by atomic mass is 16.5. The Morgan fingerprint density at radius 3 is 2.27 bits per heavy atom. The Labute approximate surface area is 94.1 Å². The predicted molar refractivity (Wildman–Crippen MR) is 65.6 cm³/mol. The van der Waals surface area contributed by atoms with Crippen molar-refractivity contribution < 1.29 is 4.74 Å². The van der Waals surface area contributed by atoms with E-state index in [1.807, 2.05) is 0 Å². The van der Waals surface area contributed by atoms with Gasteiger partial charge in [0.25, 0.3) is 0 Å². The van der Waals surface area contributed by atoms with Gasteiger partial charge in [-0.3, -0.25) is 4.99 Å². The molecule has 1 fully saturated rings. The first-order valence-corrected chi connectivity index (χ1v) is 6.08. The van der Waals surface area contributed by atoms with Crippen molar-refractivity contribution in [3.05, 3.63) is 0 Å². The first kappa shape index (κ1) is 12.7. The highest BCUT2D eigenvalue weighted by Crippen LogP contribution is 2.25. The first-order chi connectivity index (χ1) is 7.04. The number of nitrogens with zero attached hydrogens (tertiary/aromatic N) is 1. The zero-order chi connectivity index (χ0) is 11.3. The van der Waals surface area contributed by atoms with E-state index >= 15 is 0 Å². The van der Waals surface area contributed by atoms with Crippen molar-refractivity contribution in [3.63, 3.8) is 0 Å². The second-order valence-corrected chi connectivity index (χ2v) is 5.59. The molecule has 1 aliphatic rings. The second-order valence-electron chi connectivity index (χ2n) is 5.59. The van der Waals surface area contributed by atoms with Crippen LogP contribution >= 0.6 is 0 Å². The van der Waals surface area contributed by atoms with Crippen molar-refractivity contribution in [2.45, 2.75) is 58.9 Å². The fourth-order valence-electron chi connectivity index (χ4n) is 1.95. The van der Waals surface area contributed by atoms with E-state index in [-0.39, 0.29) is 5.41 Å². The van der Waals surface area contributed by atoms with Gasteiger partial charge in [0.15, 0.2) is 0 Å². The number of hydrogen-bond acceptors (Lipinski definition) is 2. The SMILES string of the molecule is COC[C@@H](N=C1CCCCC1)C(C)(C)C. The van der Waals surface area contributed by atoms with Crippen molar-refractivity contribution in [1.29, 1.82) is 0 Å². The van der Waals surface area contributed by atoms with Crippen molar-refractivity contribution in [3.8, 4) is 0 Å². The van der Waals surface area contributed by atoms with Crippen molar-refractivity contribution in [2.24, 2.45) is 10.4 Å². The number of aliphatic imine (C=N–C) groups is 1. The Hall–Kier alpha value is -0.370. The lowest BCUT2D eigenvalue weighted by atomic mass is 9.87. The molecule has 0 aromatic carbocycles. The molecule has 0 bridgehead atoms. The molecule has 1 saturated carbocycles. The van der Waals surface area contributed by atoms with Crippen molar-refractivity contribution >= 4 is 5.71 Å². The maximum atomic E-state index is 5.26. The van der Waals surface area contributed by atoms with Gasteiger partial charge in [0.1, 0.15) is 0 Å². The monoisotopic (exact) mass is 211 g/mol. The third-order valence-electron chi connectivity index (χ3n) is 3.09. The number of hydrogen-bond donors (Lipinski definition) is 0. The van der Waals surface area contributed by atoms with E-state index in [1.54, 1.807) is 7.11 Å². The van der Waals surface area contributed by atoms with Gasteiger partial charge in [-0.05, 0) is 31.1 Å². The van der Waals surface area contributed by atoms with Crippen LogP contribution in [0.15, 0.2) is 4.99 Å². The Morgan fingerprint density at radius 2 is 1.80 bits per heavy atom. The highest BCUT2D eigenvalue weighted by molar-refractivity contribution is 5.85. The zero-order valence-electron chi connectivity index (χ0n) is 10.7. The van der Waals surface area contributed by atoms with Crippen LogP contribution in [0.25, 0.3) is 0 Å². The van der Waals surface area contributed by atoms with Gasteiger partial charge in [0, 0.05) is 12.8 Å². The van der Waals surface area contributed by atoms with Crippen LogP contribution in [-0.2, 0) is 4.74 Å². The highest BCUT2D eigenvalue weighted by Gasteiger charge is 2.24. The van der Waals surface area contributed by atoms with E-state index in [0.29, 0.717) is 6.04 Å². The van der Waals surface area contributed by atoms with E-state index in [4.69, 9.17) is 9.73 Å². The van der Waals surface area contributed by atoms with Crippen LogP contribution in [-0.4, -0.2) is 25.5 Å². The normalized spacial score (nSPS) is 20.1. The maximum absolute atomic E-state index is 5.26. The summed E-state index contributed by atoms with van der Waals surface area (Å²) in [6, 6.07) is 0.315. The summed E-state index contributed by atoms with van der Waals surface area (Å²) in [4.78, 5) is 4.89. The van der Waals surface area contributed by atoms with Gasteiger partial charge in [-0.15, -0.1) is 0 Å². The maximum Gasteiger partial charge on any atom is 0.0780 e. The fraction of sp³-hybridized carbons (Fsp3) is 0.923. The molecule has 0 N–H and O–H groups in total. The molecule has 88 valence electrons. The summed E-state index contributed by atoms with van der Waals surface area (Å²) >= 11 is 0. The van der Waals surface area contributed by atoms with Crippen LogP contribution in [0, 0.1) is 5.41 Å². The molecule has 1 rings (SSSR count). The molecular weight excluding hydrogens is 186 g/mol. The topological polar surface area (TPSA) is 21.6 Å². The summed E-state index contributed by atoms with van der Waals surface area (Å²) in [6.07, 6.45) is 6.43. The van der Waals surface area contributed by atoms with Crippen LogP contribution in [0.4, 0.5) is 0 Å². The van der Waals surface area contributed by atoms with Gasteiger partial charge < -0.3 is 4.74 Å². The average molecular weight is 211 g/mol. The fourth-order valence-corrected chi connectivity index (χ4v) is 1.95. The number of ether oxygens (including phenoxy) is 1. The standard InChI is InChI=1S/C13H25NO/c1-13(2,3)12(10-15-4)14-11-8-6-5-7-9-11/h12H,5-10H2,1-4H3/t12-/m1/s1. The largest absolute Gasteiger partial charge is 0.382 e. The van der Waals surface area contributed by atoms with Gasteiger partial charge in [-0.25, -0.2) is 0 Å². The van der Waals surface area contributed by atoms with Crippen LogP contribution in [0.3, 0.4) is 0 Å². The zero-order valence-corrected chi connectivity index (χ0v) is 10.7. The molecule has 2 heteroatoms. The third-order valence-corrected chi connectivity index (χ3v) is 3.09. The molecule has 0 radical (unpaired) electrons. The van der Waals surface area contributed by atoms with E-state index in [0.717, 1.165) is 6.61 Å². The minimum Gasteiger partial charge on any atom is -0.382 e. The van der Waals surface area contributed by atoms with Crippen LogP contribution in [0.5, 0.6) is 0 Å². The summed E-state index contributed by atoms with van der Waals surface area (Å²) in [5, 5.41) is 0. The molecule has 0 aromatic rings. The first-order valence-electron chi connectivity index (χ1n) is 6.08. The molecule has 0 unspecified atom stereocenters. The Kier molecular flexibility index (Phi) is 4.78. The Balaban J connectivity index is 2.63. The van der Waals surface area contributed by atoms with Gasteiger partial charge in [-0.2, -0.15) is 0 Å². The number of rotatable bonds is 3. The molecule has 15 heavy (non-hydrogen) atoms. The Bertz CT molecular complexity index is 207. The smallest absolute Gasteiger partial charge is 0.0780 e. The average Bonchev–Trinajstić information content (AvgIpc) is 2.17. The third kappa shape index (κ3) is 4.33. The molecule has 0 aromatic heterocycles. The van der Waals surface area contributed by atoms with Crippen LogP contribution in [0.1, 0.15) is 52.9 Å². The molecule has 0 saturated heterocycles. The molecule has 0 heterocycles. The molecule has 1 atom stereocenters. The molecule has 1 aliphatic carbocycles. The van der Waals surface area contributed by atoms with Crippen LogP contribution in [0.2, 0.25) is 0 Å². The second kappa shape index (κ2) is 5.64. The lowest BCUT2D eigenvalue weighted by molar-refractivity contribution is 0.135. The predicted octanol–water partition coefficient (Wildman–Crippen LogP) is 3.45. The van der Waals surface area contributed by atoms with Gasteiger partial charge in [0.2, 0.25) is 0 Å². The van der Waals surface area contributed by atoms with E-state index in [1.165, 1.54) is 37.8 Å². The summed E-state index contributed by atoms with van der Waals surface area (Å²) in [7, 11) is 1.76. The van der Waals surface area contributed by atoms with E-state index in [9.17, 15) is 0 Å². The minimum atomic E-state index is 0.209. The van der Waals surface area contributed by atoms with Gasteiger partial charge in [-0.1, -0.05) is 27.2 Å². The van der Waals surface area contributed by atoms with Crippen molar-refractivity contribution in [1.82, 2.24) is 0 Å². The molecule has 2 nitrogen and oxygen atoms in total. The van der Waals surface area contributed by atoms with E-state index in [2.05, 4.69) is 20.8 Å². The summed E-state index contributed by atoms with van der Waals surface area (Å²) < 4.78 is 5.26.